The molecule has 0 aromatic heterocycles. The van der Waals surface area contributed by atoms with Crippen LogP contribution < -0.4 is 10.1 Å². The lowest BCUT2D eigenvalue weighted by Crippen LogP contribution is -2.53. The lowest BCUT2D eigenvalue weighted by atomic mass is 10.1. The van der Waals surface area contributed by atoms with Crippen molar-refractivity contribution in [2.75, 3.05) is 52.7 Å². The van der Waals surface area contributed by atoms with Gasteiger partial charge in [-0.15, -0.1) is 0 Å². The highest BCUT2D eigenvalue weighted by atomic mass is 16.5. The highest BCUT2D eigenvalue weighted by molar-refractivity contribution is 5.90. The maximum atomic E-state index is 12.5. The molecule has 7 heteroatoms. The summed E-state index contributed by atoms with van der Waals surface area (Å²) in [6.07, 6.45) is 0. The second kappa shape index (κ2) is 8.65. The summed E-state index contributed by atoms with van der Waals surface area (Å²) in [5.74, 6) is 0.807. The van der Waals surface area contributed by atoms with Gasteiger partial charge in [0.15, 0.2) is 0 Å². The third-order valence-corrected chi connectivity index (χ3v) is 4.76. The van der Waals surface area contributed by atoms with Crippen molar-refractivity contribution >= 4 is 17.7 Å². The number of urea groups is 2. The molecule has 0 saturated carbocycles. The van der Waals surface area contributed by atoms with Crippen molar-refractivity contribution in [3.8, 4) is 16.9 Å². The van der Waals surface area contributed by atoms with Gasteiger partial charge in [0.2, 0.25) is 0 Å². The molecule has 2 aromatic carbocycles. The van der Waals surface area contributed by atoms with E-state index in [0.717, 1.165) is 22.6 Å². The number of nitrogens with zero attached hydrogens (tertiary/aromatic N) is 3. The van der Waals surface area contributed by atoms with Gasteiger partial charge in [-0.3, -0.25) is 0 Å². The van der Waals surface area contributed by atoms with Crippen molar-refractivity contribution in [1.82, 2.24) is 14.7 Å². The van der Waals surface area contributed by atoms with E-state index in [4.69, 9.17) is 4.74 Å². The van der Waals surface area contributed by atoms with Crippen LogP contribution in [0.2, 0.25) is 0 Å². The number of hydrogen-bond acceptors (Lipinski definition) is 3. The number of methoxy groups -OCH3 is 1. The molecule has 0 aliphatic carbocycles. The predicted octanol–water partition coefficient (Wildman–Crippen LogP) is 3.19. The second-order valence-electron chi connectivity index (χ2n) is 6.89. The minimum atomic E-state index is -0.147. The van der Waals surface area contributed by atoms with Crippen molar-refractivity contribution in [2.45, 2.75) is 0 Å². The molecule has 1 fully saturated rings. The number of nitrogens with one attached hydrogen (secondary N) is 1. The summed E-state index contributed by atoms with van der Waals surface area (Å²) in [6.45, 7) is 2.12. The maximum absolute atomic E-state index is 12.5. The number of rotatable bonds is 3. The molecule has 28 heavy (non-hydrogen) atoms. The van der Waals surface area contributed by atoms with Crippen molar-refractivity contribution in [3.63, 3.8) is 0 Å². The highest BCUT2D eigenvalue weighted by Crippen LogP contribution is 2.25. The number of amides is 4. The number of piperazine rings is 1. The Hall–Kier alpha value is -3.22. The topological polar surface area (TPSA) is 65.1 Å². The van der Waals surface area contributed by atoms with Gasteiger partial charge in [0, 0.05) is 46.0 Å². The second-order valence-corrected chi connectivity index (χ2v) is 6.89. The van der Waals surface area contributed by atoms with Crippen LogP contribution in [0.15, 0.2) is 48.5 Å². The third kappa shape index (κ3) is 4.54. The van der Waals surface area contributed by atoms with Crippen molar-refractivity contribution in [2.24, 2.45) is 0 Å². The molecule has 0 radical (unpaired) electrons. The van der Waals surface area contributed by atoms with Crippen LogP contribution in [0.1, 0.15) is 0 Å². The Labute approximate surface area is 165 Å². The summed E-state index contributed by atoms with van der Waals surface area (Å²) in [6, 6.07) is 15.4. The first-order valence-corrected chi connectivity index (χ1v) is 9.24. The number of anilines is 1. The Morgan fingerprint density at radius 2 is 1.57 bits per heavy atom. The number of carbonyl (C=O) groups is 2. The van der Waals surface area contributed by atoms with Gasteiger partial charge in [0.25, 0.3) is 0 Å². The molecule has 1 aliphatic heterocycles. The lowest BCUT2D eigenvalue weighted by Gasteiger charge is -2.35. The van der Waals surface area contributed by atoms with Crippen molar-refractivity contribution in [1.29, 1.82) is 0 Å². The number of benzene rings is 2. The molecule has 1 saturated heterocycles. The summed E-state index contributed by atoms with van der Waals surface area (Å²) < 4.78 is 5.27. The average molecular weight is 382 g/mol. The lowest BCUT2D eigenvalue weighted by molar-refractivity contribution is 0.133. The van der Waals surface area contributed by atoms with E-state index in [1.54, 1.807) is 35.9 Å². The minimum Gasteiger partial charge on any atom is -0.497 e. The number of carbonyl (C=O) groups excluding carboxylic acids is 2. The molecule has 1 N–H and O–H groups in total. The highest BCUT2D eigenvalue weighted by Gasteiger charge is 2.24. The van der Waals surface area contributed by atoms with E-state index in [2.05, 4.69) is 5.32 Å². The molecule has 3 rings (SSSR count). The zero-order valence-electron chi connectivity index (χ0n) is 16.5. The van der Waals surface area contributed by atoms with E-state index in [1.807, 2.05) is 48.5 Å². The van der Waals surface area contributed by atoms with Crippen LogP contribution in [0.3, 0.4) is 0 Å². The molecule has 0 spiro atoms. The normalized spacial score (nSPS) is 13.8. The summed E-state index contributed by atoms with van der Waals surface area (Å²) in [7, 11) is 5.11. The molecule has 1 heterocycles. The van der Waals surface area contributed by atoms with Gasteiger partial charge < -0.3 is 24.8 Å². The van der Waals surface area contributed by atoms with Crippen molar-refractivity contribution < 1.29 is 14.3 Å². The van der Waals surface area contributed by atoms with Gasteiger partial charge in [-0.25, -0.2) is 9.59 Å². The van der Waals surface area contributed by atoms with E-state index in [1.165, 1.54) is 0 Å². The van der Waals surface area contributed by atoms with Crippen LogP contribution >= 0.6 is 0 Å². The molecule has 4 amide bonds. The molecule has 1 aliphatic rings. The Kier molecular flexibility index (Phi) is 6.03. The van der Waals surface area contributed by atoms with E-state index >= 15 is 0 Å². The number of ether oxygens (including phenoxy) is 1. The Balaban J connectivity index is 1.57. The molecule has 0 atom stereocenters. The molecule has 0 bridgehead atoms. The monoisotopic (exact) mass is 382 g/mol. The first-order valence-electron chi connectivity index (χ1n) is 9.24. The van der Waals surface area contributed by atoms with Crippen LogP contribution in [0.5, 0.6) is 5.75 Å². The minimum absolute atomic E-state index is 0.0202. The summed E-state index contributed by atoms with van der Waals surface area (Å²) in [4.78, 5) is 29.5. The standard InChI is InChI=1S/C21H26N4O3/c1-23(2)21(27)25-13-11-24(12-14-25)20(26)22-18-9-7-16(8-10-18)17-5-4-6-19(15-17)28-3/h4-10,15H,11-14H2,1-3H3,(H,22,26). The van der Waals surface area contributed by atoms with Crippen LogP contribution in [0.4, 0.5) is 15.3 Å². The Bertz CT molecular complexity index is 828. The van der Waals surface area contributed by atoms with Crippen LogP contribution in [-0.2, 0) is 0 Å². The quantitative estimate of drug-likeness (QED) is 0.887. The van der Waals surface area contributed by atoms with E-state index in [-0.39, 0.29) is 12.1 Å². The number of hydrogen-bond donors (Lipinski definition) is 1. The fourth-order valence-electron chi connectivity index (χ4n) is 3.13. The SMILES string of the molecule is COc1cccc(-c2ccc(NC(=O)N3CCN(C(=O)N(C)C)CC3)cc2)c1. The van der Waals surface area contributed by atoms with Gasteiger partial charge >= 0.3 is 12.1 Å². The van der Waals surface area contributed by atoms with E-state index in [0.29, 0.717) is 26.2 Å². The summed E-state index contributed by atoms with van der Waals surface area (Å²) in [5.41, 5.74) is 2.84. The van der Waals surface area contributed by atoms with E-state index < -0.39 is 0 Å². The smallest absolute Gasteiger partial charge is 0.321 e. The van der Waals surface area contributed by atoms with Gasteiger partial charge in [0.1, 0.15) is 5.75 Å². The Morgan fingerprint density at radius 1 is 0.929 bits per heavy atom. The zero-order valence-corrected chi connectivity index (χ0v) is 16.5. The molecule has 2 aromatic rings. The molecular weight excluding hydrogens is 356 g/mol. The predicted molar refractivity (Wildman–Crippen MR) is 110 cm³/mol. The fourth-order valence-corrected chi connectivity index (χ4v) is 3.13. The molecule has 148 valence electrons. The molecular formula is C21H26N4O3. The summed E-state index contributed by atoms with van der Waals surface area (Å²) in [5, 5.41) is 2.93. The van der Waals surface area contributed by atoms with Crippen molar-refractivity contribution in [3.05, 3.63) is 48.5 Å². The Morgan fingerprint density at radius 3 is 2.18 bits per heavy atom. The molecule has 7 nitrogen and oxygen atoms in total. The summed E-state index contributed by atoms with van der Waals surface area (Å²) >= 11 is 0. The largest absolute Gasteiger partial charge is 0.497 e. The van der Waals surface area contributed by atoms with Gasteiger partial charge in [-0.1, -0.05) is 24.3 Å². The van der Waals surface area contributed by atoms with Gasteiger partial charge in [0.05, 0.1) is 7.11 Å². The van der Waals surface area contributed by atoms with Gasteiger partial charge in [-0.2, -0.15) is 0 Å². The van der Waals surface area contributed by atoms with Crippen LogP contribution in [0.25, 0.3) is 11.1 Å². The third-order valence-electron chi connectivity index (χ3n) is 4.76. The first kappa shape index (κ1) is 19.5. The van der Waals surface area contributed by atoms with Crippen LogP contribution in [-0.4, -0.2) is 74.1 Å². The average Bonchev–Trinajstić information content (AvgIpc) is 2.73. The first-order chi connectivity index (χ1) is 13.5. The maximum Gasteiger partial charge on any atom is 0.321 e. The van der Waals surface area contributed by atoms with Crippen LogP contribution in [0, 0.1) is 0 Å². The zero-order chi connectivity index (χ0) is 20.1. The van der Waals surface area contributed by atoms with E-state index in [9.17, 15) is 9.59 Å². The molecule has 0 unspecified atom stereocenters. The van der Waals surface area contributed by atoms with Gasteiger partial charge in [-0.05, 0) is 35.4 Å². The fraction of sp³-hybridized carbons (Fsp3) is 0.333.